The van der Waals surface area contributed by atoms with E-state index in [1.54, 1.807) is 27.0 Å². The number of aromatic nitrogens is 4. The van der Waals surface area contributed by atoms with E-state index in [0.717, 1.165) is 10.6 Å². The zero-order valence-corrected chi connectivity index (χ0v) is 16.7. The number of hydrogen-bond acceptors (Lipinski definition) is 6. The minimum atomic E-state index is -0.608. The summed E-state index contributed by atoms with van der Waals surface area (Å²) in [5, 5.41) is 9.63. The van der Waals surface area contributed by atoms with Crippen molar-refractivity contribution in [1.29, 1.82) is 0 Å². The van der Waals surface area contributed by atoms with Gasteiger partial charge in [0.2, 0.25) is 0 Å². The fourth-order valence-corrected chi connectivity index (χ4v) is 3.58. The van der Waals surface area contributed by atoms with Gasteiger partial charge in [-0.15, -0.1) is 11.3 Å². The van der Waals surface area contributed by atoms with Crippen molar-refractivity contribution >= 4 is 27.6 Å². The van der Waals surface area contributed by atoms with Gasteiger partial charge < -0.3 is 15.0 Å². The quantitative estimate of drug-likeness (QED) is 0.631. The largest absolute Gasteiger partial charge is 0.444 e. The molecule has 3 rings (SSSR count). The van der Waals surface area contributed by atoms with Gasteiger partial charge in [-0.05, 0) is 38.8 Å². The molecule has 0 radical (unpaired) electrons. The molecular formula is C18H23N5O3S. The van der Waals surface area contributed by atoms with E-state index in [0.29, 0.717) is 16.0 Å². The highest BCUT2D eigenvalue weighted by molar-refractivity contribution is 7.22. The maximum atomic E-state index is 12.6. The summed E-state index contributed by atoms with van der Waals surface area (Å²) in [5.74, 6) is 0.408. The highest BCUT2D eigenvalue weighted by Gasteiger charge is 2.25. The second-order valence-corrected chi connectivity index (χ2v) is 8.67. The van der Waals surface area contributed by atoms with Gasteiger partial charge in [0.15, 0.2) is 0 Å². The molecule has 1 amide bonds. The molecule has 8 nitrogen and oxygen atoms in total. The summed E-state index contributed by atoms with van der Waals surface area (Å²) < 4.78 is 5.86. The first-order chi connectivity index (χ1) is 12.6. The summed E-state index contributed by atoms with van der Waals surface area (Å²) in [4.78, 5) is 33.0. The van der Waals surface area contributed by atoms with Crippen LogP contribution < -0.4 is 10.9 Å². The molecule has 0 fully saturated rings. The summed E-state index contributed by atoms with van der Waals surface area (Å²) in [6.45, 7) is 9.27. The number of nitrogens with zero attached hydrogens (tertiary/aromatic N) is 2. The van der Waals surface area contributed by atoms with Gasteiger partial charge in [-0.1, -0.05) is 13.8 Å². The molecule has 144 valence electrons. The number of thiophene rings is 1. The van der Waals surface area contributed by atoms with Gasteiger partial charge in [0.25, 0.3) is 5.56 Å². The fourth-order valence-electron chi connectivity index (χ4n) is 2.62. The zero-order valence-electron chi connectivity index (χ0n) is 15.9. The lowest BCUT2D eigenvalue weighted by Gasteiger charge is -2.25. The van der Waals surface area contributed by atoms with E-state index in [1.807, 2.05) is 26.0 Å². The number of carbonyl (C=O) groups excluding carboxylic acids is 1. The molecule has 0 aliphatic carbocycles. The minimum absolute atomic E-state index is 0.00355. The van der Waals surface area contributed by atoms with Crippen LogP contribution in [0.5, 0.6) is 0 Å². The first kappa shape index (κ1) is 19.1. The fraction of sp³-hybridized carbons (Fsp3) is 0.444. The molecule has 3 aromatic rings. The van der Waals surface area contributed by atoms with E-state index >= 15 is 0 Å². The molecule has 27 heavy (non-hydrogen) atoms. The molecule has 9 heteroatoms. The number of fused-ring (bicyclic) bond motifs is 1. The summed E-state index contributed by atoms with van der Waals surface area (Å²) in [6.07, 6.45) is 1.11. The van der Waals surface area contributed by atoms with Crippen molar-refractivity contribution in [2.24, 2.45) is 5.92 Å². The van der Waals surface area contributed by atoms with Gasteiger partial charge in [0.05, 0.1) is 22.1 Å². The Morgan fingerprint density at radius 1 is 1.33 bits per heavy atom. The van der Waals surface area contributed by atoms with Gasteiger partial charge in [-0.2, -0.15) is 5.10 Å². The van der Waals surface area contributed by atoms with Crippen molar-refractivity contribution in [2.45, 2.75) is 46.3 Å². The van der Waals surface area contributed by atoms with Gasteiger partial charge in [0, 0.05) is 6.20 Å². The number of hydrogen-bond donors (Lipinski definition) is 3. The van der Waals surface area contributed by atoms with E-state index < -0.39 is 17.7 Å². The van der Waals surface area contributed by atoms with Crippen LogP contribution in [0.2, 0.25) is 0 Å². The molecule has 0 unspecified atom stereocenters. The van der Waals surface area contributed by atoms with Gasteiger partial charge >= 0.3 is 6.09 Å². The first-order valence-electron chi connectivity index (χ1n) is 8.67. The van der Waals surface area contributed by atoms with E-state index in [9.17, 15) is 9.59 Å². The second-order valence-electron chi connectivity index (χ2n) is 7.61. The highest BCUT2D eigenvalue weighted by Crippen LogP contribution is 2.30. The number of carbonyl (C=O) groups is 1. The third-order valence-electron chi connectivity index (χ3n) is 3.80. The second kappa shape index (κ2) is 7.15. The predicted octanol–water partition coefficient (Wildman–Crippen LogP) is 3.60. The topological polar surface area (TPSA) is 113 Å². The molecule has 0 aliphatic heterocycles. The lowest BCUT2D eigenvalue weighted by molar-refractivity contribution is 0.0486. The summed E-state index contributed by atoms with van der Waals surface area (Å²) in [5.41, 5.74) is 0.566. The molecule has 0 saturated heterocycles. The van der Waals surface area contributed by atoms with Gasteiger partial charge in [0.1, 0.15) is 16.1 Å². The smallest absolute Gasteiger partial charge is 0.408 e. The lowest BCUT2D eigenvalue weighted by atomic mass is 10.0. The summed E-state index contributed by atoms with van der Waals surface area (Å²) in [6, 6.07) is 3.20. The molecule has 3 heterocycles. The van der Waals surface area contributed by atoms with Crippen molar-refractivity contribution in [3.8, 4) is 10.6 Å². The molecule has 0 saturated carbocycles. The number of nitrogens with one attached hydrogen (secondary N) is 3. The number of alkyl carbamates (subject to hydrolysis) is 1. The van der Waals surface area contributed by atoms with E-state index in [4.69, 9.17) is 4.74 Å². The summed E-state index contributed by atoms with van der Waals surface area (Å²) in [7, 11) is 0. The monoisotopic (exact) mass is 389 g/mol. The third-order valence-corrected chi connectivity index (χ3v) is 4.96. The molecule has 0 aromatic carbocycles. The van der Waals surface area contributed by atoms with Crippen LogP contribution in [0.1, 0.15) is 46.5 Å². The molecule has 0 bridgehead atoms. The highest BCUT2D eigenvalue weighted by atomic mass is 32.1. The maximum Gasteiger partial charge on any atom is 0.408 e. The van der Waals surface area contributed by atoms with Crippen LogP contribution in [-0.4, -0.2) is 31.9 Å². The van der Waals surface area contributed by atoms with Crippen molar-refractivity contribution in [3.05, 3.63) is 34.5 Å². The van der Waals surface area contributed by atoms with Crippen LogP contribution in [-0.2, 0) is 4.74 Å². The van der Waals surface area contributed by atoms with E-state index in [-0.39, 0.29) is 11.5 Å². The van der Waals surface area contributed by atoms with Gasteiger partial charge in [-0.3, -0.25) is 9.89 Å². The molecule has 3 N–H and O–H groups in total. The van der Waals surface area contributed by atoms with Crippen LogP contribution in [0.25, 0.3) is 20.8 Å². The molecule has 0 spiro atoms. The standard InChI is InChI=1S/C18H23N5O3S/c1-9(2)13(21-17(25)26-18(3,4)5)15-20-11-8-12(10-6-7-19-23-10)27-14(11)16(24)22-15/h6-9,13H,1-5H3,(H,19,23)(H,21,25)(H,20,22,24)/t13-/m0/s1. The average molecular weight is 389 g/mol. The van der Waals surface area contributed by atoms with Crippen molar-refractivity contribution in [3.63, 3.8) is 0 Å². The number of rotatable bonds is 4. The molecular weight excluding hydrogens is 366 g/mol. The van der Waals surface area contributed by atoms with Crippen LogP contribution in [0, 0.1) is 5.92 Å². The first-order valence-corrected chi connectivity index (χ1v) is 9.49. The Balaban J connectivity index is 1.95. The van der Waals surface area contributed by atoms with Crippen LogP contribution in [0.3, 0.4) is 0 Å². The Kier molecular flexibility index (Phi) is 5.05. The van der Waals surface area contributed by atoms with Crippen molar-refractivity contribution < 1.29 is 9.53 Å². The van der Waals surface area contributed by atoms with Crippen molar-refractivity contribution in [1.82, 2.24) is 25.5 Å². The summed E-state index contributed by atoms with van der Waals surface area (Å²) >= 11 is 1.34. The average Bonchev–Trinajstić information content (AvgIpc) is 3.19. The normalized spacial score (nSPS) is 13.1. The minimum Gasteiger partial charge on any atom is -0.444 e. The molecule has 0 aliphatic rings. The third kappa shape index (κ3) is 4.36. The predicted molar refractivity (Wildman–Crippen MR) is 105 cm³/mol. The number of amides is 1. The van der Waals surface area contributed by atoms with Crippen molar-refractivity contribution in [2.75, 3.05) is 0 Å². The SMILES string of the molecule is CC(C)[C@H](NC(=O)OC(C)(C)C)c1nc2cc(-c3ccn[nH]3)sc2c(=O)[nH]1. The number of ether oxygens (including phenoxy) is 1. The Morgan fingerprint density at radius 3 is 2.67 bits per heavy atom. The van der Waals surface area contributed by atoms with E-state index in [2.05, 4.69) is 25.5 Å². The molecule has 3 aromatic heterocycles. The maximum absolute atomic E-state index is 12.6. The van der Waals surface area contributed by atoms with Gasteiger partial charge in [-0.25, -0.2) is 9.78 Å². The molecule has 1 atom stereocenters. The van der Waals surface area contributed by atoms with E-state index in [1.165, 1.54) is 11.3 Å². The van der Waals surface area contributed by atoms with Crippen LogP contribution in [0.4, 0.5) is 4.79 Å². The zero-order chi connectivity index (χ0) is 19.8. The Bertz CT molecular complexity index is 998. The Labute approximate surface area is 160 Å². The van der Waals surface area contributed by atoms with Crippen LogP contribution in [0.15, 0.2) is 23.1 Å². The Hall–Kier alpha value is -2.68. The Morgan fingerprint density at radius 2 is 2.07 bits per heavy atom. The van der Waals surface area contributed by atoms with Crippen LogP contribution >= 0.6 is 11.3 Å². The lowest BCUT2D eigenvalue weighted by Crippen LogP contribution is -2.38. The number of aromatic amines is 2. The number of H-pyrrole nitrogens is 2.